The smallest absolute Gasteiger partial charge is 0.158 e. The zero-order valence-electron chi connectivity index (χ0n) is 19.0. The molecule has 1 aliphatic carbocycles. The summed E-state index contributed by atoms with van der Waals surface area (Å²) in [5.41, 5.74) is 4.33. The Hall–Kier alpha value is -4.06. The average Bonchev–Trinajstić information content (AvgIpc) is 3.46. The fraction of sp³-hybridized carbons (Fsp3) is 0.360. The molecule has 0 bridgehead atoms. The number of aromatic nitrogens is 4. The summed E-state index contributed by atoms with van der Waals surface area (Å²) in [5.74, 6) is 2.58. The van der Waals surface area contributed by atoms with Gasteiger partial charge in [0.15, 0.2) is 5.69 Å². The second kappa shape index (κ2) is 8.06. The number of piperazine rings is 1. The van der Waals surface area contributed by atoms with Crippen molar-refractivity contribution in [2.24, 2.45) is 4.99 Å². The molecule has 4 heterocycles. The van der Waals surface area contributed by atoms with Crippen LogP contribution in [0, 0.1) is 11.3 Å². The van der Waals surface area contributed by atoms with E-state index in [0.29, 0.717) is 12.2 Å². The zero-order valence-corrected chi connectivity index (χ0v) is 19.0. The fourth-order valence-electron chi connectivity index (χ4n) is 4.36. The molecule has 0 radical (unpaired) electrons. The Balaban J connectivity index is 1.17. The van der Waals surface area contributed by atoms with Crippen LogP contribution in [-0.4, -0.2) is 57.4 Å². The quantitative estimate of drug-likeness (QED) is 0.582. The van der Waals surface area contributed by atoms with Gasteiger partial charge in [-0.2, -0.15) is 5.26 Å². The van der Waals surface area contributed by atoms with E-state index in [1.165, 1.54) is 11.8 Å². The molecule has 2 aliphatic heterocycles. The highest BCUT2D eigenvalue weighted by Crippen LogP contribution is 2.40. The predicted octanol–water partition coefficient (Wildman–Crippen LogP) is 2.75. The van der Waals surface area contributed by atoms with Crippen LogP contribution in [0.25, 0.3) is 0 Å². The maximum Gasteiger partial charge on any atom is 0.158 e. The Labute approximate surface area is 197 Å². The van der Waals surface area contributed by atoms with Crippen LogP contribution in [0.3, 0.4) is 0 Å². The Morgan fingerprint density at radius 1 is 0.941 bits per heavy atom. The number of nitrogens with zero attached hydrogens (tertiary/aromatic N) is 8. The van der Waals surface area contributed by atoms with E-state index in [9.17, 15) is 0 Å². The SMILES string of the molecule is CC1(Oc2ccc3c(c2)C(c2cc(N4CCN(c5cnc(C#N)cn5)CC4)ncn2)=NC3)CC1. The van der Waals surface area contributed by atoms with Gasteiger partial charge in [-0.05, 0) is 37.5 Å². The minimum atomic E-state index is -0.0161. The second-order valence-electron chi connectivity index (χ2n) is 9.14. The van der Waals surface area contributed by atoms with Crippen LogP contribution in [0.5, 0.6) is 5.75 Å². The van der Waals surface area contributed by atoms with Crippen molar-refractivity contribution in [3.8, 4) is 11.8 Å². The van der Waals surface area contributed by atoms with Crippen LogP contribution in [0.15, 0.2) is 48.0 Å². The summed E-state index contributed by atoms with van der Waals surface area (Å²) in [6, 6.07) is 10.3. The molecule has 0 atom stereocenters. The molecule has 170 valence electrons. The van der Waals surface area contributed by atoms with E-state index in [4.69, 9.17) is 15.0 Å². The standard InChI is InChI=1S/C25H24N8O/c1-25(4-5-25)34-19-3-2-17-13-29-24(20(17)10-19)21-11-22(31-16-30-21)32-6-8-33(9-7-32)23-15-27-18(12-26)14-28-23/h2-3,10-11,14-16H,4-9,13H2,1H3. The third kappa shape index (κ3) is 3.92. The van der Waals surface area contributed by atoms with Gasteiger partial charge in [0.2, 0.25) is 0 Å². The van der Waals surface area contributed by atoms with Crippen molar-refractivity contribution < 1.29 is 4.74 Å². The number of nitriles is 1. The molecule has 1 saturated heterocycles. The third-order valence-electron chi connectivity index (χ3n) is 6.64. The average molecular weight is 453 g/mol. The van der Waals surface area contributed by atoms with Crippen LogP contribution in [0.4, 0.5) is 11.6 Å². The van der Waals surface area contributed by atoms with E-state index >= 15 is 0 Å². The highest BCUT2D eigenvalue weighted by atomic mass is 16.5. The molecule has 9 nitrogen and oxygen atoms in total. The van der Waals surface area contributed by atoms with Gasteiger partial charge < -0.3 is 14.5 Å². The van der Waals surface area contributed by atoms with Gasteiger partial charge in [0.05, 0.1) is 30.3 Å². The van der Waals surface area contributed by atoms with Crippen molar-refractivity contribution in [3.05, 3.63) is 65.5 Å². The topological polar surface area (TPSA) is 103 Å². The van der Waals surface area contributed by atoms with Crippen LogP contribution in [0.2, 0.25) is 0 Å². The lowest BCUT2D eigenvalue weighted by atomic mass is 10.0. The van der Waals surface area contributed by atoms with E-state index in [1.807, 2.05) is 18.2 Å². The van der Waals surface area contributed by atoms with Crippen LogP contribution in [0.1, 0.15) is 42.3 Å². The van der Waals surface area contributed by atoms with E-state index in [1.54, 1.807) is 12.5 Å². The summed E-state index contributed by atoms with van der Waals surface area (Å²) in [7, 11) is 0. The number of hydrogen-bond donors (Lipinski definition) is 0. The molecule has 9 heteroatoms. The lowest BCUT2D eigenvalue weighted by Crippen LogP contribution is -2.47. The summed E-state index contributed by atoms with van der Waals surface area (Å²) in [4.78, 5) is 26.8. The number of aliphatic imine (C=N–C) groups is 1. The number of ether oxygens (including phenoxy) is 1. The first-order chi connectivity index (χ1) is 16.6. The summed E-state index contributed by atoms with van der Waals surface area (Å²) in [5, 5.41) is 8.92. The van der Waals surface area contributed by atoms with Crippen molar-refractivity contribution in [2.45, 2.75) is 31.9 Å². The Morgan fingerprint density at radius 2 is 1.74 bits per heavy atom. The maximum absolute atomic E-state index is 8.92. The van der Waals surface area contributed by atoms with E-state index in [2.05, 4.69) is 48.8 Å². The first kappa shape index (κ1) is 20.5. The molecule has 2 aromatic heterocycles. The molecule has 0 unspecified atom stereocenters. The van der Waals surface area contributed by atoms with Crippen LogP contribution >= 0.6 is 0 Å². The van der Waals surface area contributed by atoms with Gasteiger partial charge in [0.25, 0.3) is 0 Å². The van der Waals surface area contributed by atoms with E-state index in [0.717, 1.165) is 73.4 Å². The molecule has 1 aromatic carbocycles. The number of anilines is 2. The molecule has 0 spiro atoms. The van der Waals surface area contributed by atoms with Gasteiger partial charge in [0.1, 0.15) is 35.4 Å². The third-order valence-corrected chi connectivity index (χ3v) is 6.64. The minimum absolute atomic E-state index is 0.0161. The molecule has 3 aliphatic rings. The molecule has 1 saturated carbocycles. The number of hydrogen-bond acceptors (Lipinski definition) is 9. The first-order valence-corrected chi connectivity index (χ1v) is 11.5. The van der Waals surface area contributed by atoms with E-state index < -0.39 is 0 Å². The highest BCUT2D eigenvalue weighted by Gasteiger charge is 2.40. The van der Waals surface area contributed by atoms with Gasteiger partial charge in [-0.3, -0.25) is 4.99 Å². The van der Waals surface area contributed by atoms with Crippen molar-refractivity contribution in [3.63, 3.8) is 0 Å². The molecule has 34 heavy (non-hydrogen) atoms. The van der Waals surface area contributed by atoms with Gasteiger partial charge in [-0.1, -0.05) is 6.07 Å². The minimum Gasteiger partial charge on any atom is -0.488 e. The van der Waals surface area contributed by atoms with Gasteiger partial charge in [-0.15, -0.1) is 0 Å². The number of fused-ring (bicyclic) bond motifs is 1. The largest absolute Gasteiger partial charge is 0.488 e. The van der Waals surface area contributed by atoms with Crippen LogP contribution < -0.4 is 14.5 Å². The fourth-order valence-corrected chi connectivity index (χ4v) is 4.36. The summed E-state index contributed by atoms with van der Waals surface area (Å²) in [6.45, 7) is 6.01. The predicted molar refractivity (Wildman–Crippen MR) is 127 cm³/mol. The molecule has 2 fully saturated rings. The van der Waals surface area contributed by atoms with Crippen molar-refractivity contribution in [1.82, 2.24) is 19.9 Å². The monoisotopic (exact) mass is 452 g/mol. The molecule has 3 aromatic rings. The Kier molecular flexibility index (Phi) is 4.87. The molecule has 0 N–H and O–H groups in total. The second-order valence-corrected chi connectivity index (χ2v) is 9.14. The highest BCUT2D eigenvalue weighted by molar-refractivity contribution is 6.14. The maximum atomic E-state index is 8.92. The normalized spacial score (nSPS) is 18.2. The van der Waals surface area contributed by atoms with Crippen LogP contribution in [-0.2, 0) is 6.54 Å². The van der Waals surface area contributed by atoms with Crippen molar-refractivity contribution >= 4 is 17.3 Å². The first-order valence-electron chi connectivity index (χ1n) is 11.5. The summed E-state index contributed by atoms with van der Waals surface area (Å²) >= 11 is 0. The van der Waals surface area contributed by atoms with E-state index in [-0.39, 0.29) is 5.60 Å². The number of rotatable bonds is 5. The molecular formula is C25H24N8O. The molecular weight excluding hydrogens is 428 g/mol. The van der Waals surface area contributed by atoms with Crippen molar-refractivity contribution in [1.29, 1.82) is 5.26 Å². The number of benzene rings is 1. The Bertz CT molecular complexity index is 1300. The van der Waals surface area contributed by atoms with Gasteiger partial charge in [0, 0.05) is 37.8 Å². The lowest BCUT2D eigenvalue weighted by Gasteiger charge is -2.35. The summed E-state index contributed by atoms with van der Waals surface area (Å²) in [6.07, 6.45) is 7.00. The van der Waals surface area contributed by atoms with Gasteiger partial charge >= 0.3 is 0 Å². The molecule has 6 rings (SSSR count). The lowest BCUT2D eigenvalue weighted by molar-refractivity contribution is 0.200. The van der Waals surface area contributed by atoms with Crippen molar-refractivity contribution in [2.75, 3.05) is 36.0 Å². The molecule has 0 amide bonds. The summed E-state index contributed by atoms with van der Waals surface area (Å²) < 4.78 is 6.17. The zero-order chi connectivity index (χ0) is 23.1. The van der Waals surface area contributed by atoms with Gasteiger partial charge in [-0.25, -0.2) is 19.9 Å². The Morgan fingerprint density at radius 3 is 2.44 bits per heavy atom.